The Hall–Kier alpha value is -3.40. The quantitative estimate of drug-likeness (QED) is 0.594. The van der Waals surface area contributed by atoms with E-state index in [1.807, 2.05) is 32.0 Å². The van der Waals surface area contributed by atoms with Crippen LogP contribution in [-0.4, -0.2) is 51.1 Å². The number of esters is 1. The van der Waals surface area contributed by atoms with Crippen LogP contribution in [0, 0.1) is 13.8 Å². The van der Waals surface area contributed by atoms with Crippen LogP contribution in [0.25, 0.3) is 0 Å². The first-order valence-corrected chi connectivity index (χ1v) is 12.1. The molecule has 2 amide bonds. The van der Waals surface area contributed by atoms with E-state index < -0.39 is 33.9 Å². The number of nitrogens with zero attached hydrogens (tertiary/aromatic N) is 1. The maximum atomic E-state index is 12.5. The molecule has 0 bridgehead atoms. The van der Waals surface area contributed by atoms with Gasteiger partial charge in [0, 0.05) is 12.2 Å². The number of para-hydroxylation sites is 1. The van der Waals surface area contributed by atoms with Crippen molar-refractivity contribution >= 4 is 39.2 Å². The summed E-state index contributed by atoms with van der Waals surface area (Å²) in [5, 5.41) is 5.21. The number of benzene rings is 2. The molecule has 33 heavy (non-hydrogen) atoms. The third-order valence-corrected chi connectivity index (χ3v) is 7.16. The second-order valence-corrected chi connectivity index (χ2v) is 9.89. The van der Waals surface area contributed by atoms with Crippen molar-refractivity contribution < 1.29 is 27.5 Å². The second-order valence-electron chi connectivity index (χ2n) is 7.87. The van der Waals surface area contributed by atoms with Crippen molar-refractivity contribution in [2.24, 2.45) is 0 Å². The molecule has 1 aliphatic heterocycles. The van der Waals surface area contributed by atoms with E-state index in [0.717, 1.165) is 11.1 Å². The number of amides is 2. The highest BCUT2D eigenvalue weighted by molar-refractivity contribution is 7.93. The second kappa shape index (κ2) is 10.0. The van der Waals surface area contributed by atoms with Gasteiger partial charge in [0.05, 0.1) is 23.5 Å². The molecule has 0 saturated carbocycles. The largest absolute Gasteiger partial charge is 0.449 e. The minimum Gasteiger partial charge on any atom is -0.449 e. The van der Waals surface area contributed by atoms with Gasteiger partial charge in [-0.15, -0.1) is 0 Å². The van der Waals surface area contributed by atoms with Crippen LogP contribution in [0.2, 0.25) is 0 Å². The van der Waals surface area contributed by atoms with E-state index in [1.54, 1.807) is 12.1 Å². The van der Waals surface area contributed by atoms with Crippen molar-refractivity contribution in [3.63, 3.8) is 0 Å². The summed E-state index contributed by atoms with van der Waals surface area (Å²) in [7, 11) is -3.38. The summed E-state index contributed by atoms with van der Waals surface area (Å²) >= 11 is 0. The fraction of sp³-hybridized carbons (Fsp3) is 0.348. The van der Waals surface area contributed by atoms with E-state index >= 15 is 0 Å². The number of hydrogen-bond donors (Lipinski definition) is 2. The summed E-state index contributed by atoms with van der Waals surface area (Å²) < 4.78 is 30.7. The Bertz CT molecular complexity index is 1160. The van der Waals surface area contributed by atoms with Gasteiger partial charge in [0.1, 0.15) is 0 Å². The van der Waals surface area contributed by atoms with Crippen molar-refractivity contribution in [2.45, 2.75) is 33.3 Å². The van der Waals surface area contributed by atoms with Gasteiger partial charge >= 0.3 is 5.97 Å². The number of carbonyl (C=O) groups excluding carboxylic acids is 3. The molecule has 2 aromatic rings. The molecule has 1 unspecified atom stereocenters. The maximum Gasteiger partial charge on any atom is 0.338 e. The zero-order valence-electron chi connectivity index (χ0n) is 18.8. The summed E-state index contributed by atoms with van der Waals surface area (Å²) in [6, 6.07) is 11.7. The molecule has 3 rings (SSSR count). The molecule has 1 fully saturated rings. The molecule has 2 N–H and O–H groups in total. The first-order chi connectivity index (χ1) is 15.6. The van der Waals surface area contributed by atoms with Gasteiger partial charge in [-0.3, -0.25) is 13.9 Å². The van der Waals surface area contributed by atoms with Crippen molar-refractivity contribution in [3.8, 4) is 0 Å². The third kappa shape index (κ3) is 5.89. The van der Waals surface area contributed by atoms with Crippen molar-refractivity contribution in [3.05, 3.63) is 59.2 Å². The van der Waals surface area contributed by atoms with E-state index in [0.29, 0.717) is 24.3 Å². The standard InChI is InChI=1S/C23H27N3O6S/c1-15-7-4-8-16(2)21(15)25-20(27)14-24-22(28)17(3)32-23(29)18-9-5-10-19(13-18)26-11-6-12-33(26,30)31/h4-5,7-10,13,17H,6,11-12,14H2,1-3H3,(H,24,28)(H,25,27). The highest BCUT2D eigenvalue weighted by atomic mass is 32.2. The Morgan fingerprint density at radius 2 is 1.76 bits per heavy atom. The van der Waals surface area contributed by atoms with E-state index in [1.165, 1.54) is 23.4 Å². The van der Waals surface area contributed by atoms with Gasteiger partial charge in [-0.1, -0.05) is 24.3 Å². The zero-order valence-corrected chi connectivity index (χ0v) is 19.6. The number of nitrogens with one attached hydrogen (secondary N) is 2. The summed E-state index contributed by atoms with van der Waals surface area (Å²) in [5.41, 5.74) is 3.00. The van der Waals surface area contributed by atoms with Gasteiger partial charge in [-0.05, 0) is 56.5 Å². The Morgan fingerprint density at radius 1 is 1.09 bits per heavy atom. The lowest BCUT2D eigenvalue weighted by atomic mass is 10.1. The highest BCUT2D eigenvalue weighted by Gasteiger charge is 2.29. The highest BCUT2D eigenvalue weighted by Crippen LogP contribution is 2.25. The van der Waals surface area contributed by atoms with Gasteiger partial charge in [0.25, 0.3) is 5.91 Å². The van der Waals surface area contributed by atoms with Crippen LogP contribution < -0.4 is 14.9 Å². The van der Waals surface area contributed by atoms with E-state index in [4.69, 9.17) is 4.74 Å². The predicted molar refractivity (Wildman–Crippen MR) is 125 cm³/mol. The fourth-order valence-electron chi connectivity index (χ4n) is 3.51. The van der Waals surface area contributed by atoms with E-state index in [9.17, 15) is 22.8 Å². The zero-order chi connectivity index (χ0) is 24.2. The average Bonchev–Trinajstić information content (AvgIpc) is 3.13. The third-order valence-electron chi connectivity index (χ3n) is 5.29. The molecule has 1 aliphatic rings. The van der Waals surface area contributed by atoms with Crippen molar-refractivity contribution in [1.82, 2.24) is 5.32 Å². The molecule has 10 heteroatoms. The lowest BCUT2D eigenvalue weighted by Crippen LogP contribution is -2.40. The summed E-state index contributed by atoms with van der Waals surface area (Å²) in [6.07, 6.45) is -0.629. The smallest absolute Gasteiger partial charge is 0.338 e. The molecule has 0 aromatic heterocycles. The Labute approximate surface area is 193 Å². The number of carbonyl (C=O) groups is 3. The van der Waals surface area contributed by atoms with E-state index in [-0.39, 0.29) is 17.9 Å². The number of hydrogen-bond acceptors (Lipinski definition) is 6. The molecule has 0 radical (unpaired) electrons. The molecule has 0 spiro atoms. The van der Waals surface area contributed by atoms with Gasteiger partial charge in [-0.25, -0.2) is 13.2 Å². The lowest BCUT2D eigenvalue weighted by Gasteiger charge is -2.18. The number of ether oxygens (including phenoxy) is 1. The predicted octanol–water partition coefficient (Wildman–Crippen LogP) is 2.14. The maximum absolute atomic E-state index is 12.5. The van der Waals surface area contributed by atoms with Gasteiger partial charge < -0.3 is 15.4 Å². The first-order valence-electron chi connectivity index (χ1n) is 10.5. The number of aryl methyl sites for hydroxylation is 2. The minimum absolute atomic E-state index is 0.0653. The lowest BCUT2D eigenvalue weighted by molar-refractivity contribution is -0.130. The molecule has 1 atom stereocenters. The van der Waals surface area contributed by atoms with Crippen LogP contribution in [0.5, 0.6) is 0 Å². The van der Waals surface area contributed by atoms with Crippen molar-refractivity contribution in [2.75, 3.05) is 28.5 Å². The Kier molecular flexibility index (Phi) is 7.37. The summed E-state index contributed by atoms with van der Waals surface area (Å²) in [4.78, 5) is 37.0. The normalized spacial score (nSPS) is 15.5. The summed E-state index contributed by atoms with van der Waals surface area (Å²) in [5.74, 6) is -1.73. The number of sulfonamides is 1. The van der Waals surface area contributed by atoms with Crippen LogP contribution in [0.15, 0.2) is 42.5 Å². The molecular formula is C23H27N3O6S. The monoisotopic (exact) mass is 473 g/mol. The Morgan fingerprint density at radius 3 is 2.39 bits per heavy atom. The average molecular weight is 474 g/mol. The fourth-order valence-corrected chi connectivity index (χ4v) is 5.06. The number of rotatable bonds is 7. The molecule has 0 aliphatic carbocycles. The molecule has 9 nitrogen and oxygen atoms in total. The van der Waals surface area contributed by atoms with Crippen LogP contribution in [0.3, 0.4) is 0 Å². The molecule has 2 aromatic carbocycles. The minimum atomic E-state index is -3.38. The van der Waals surface area contributed by atoms with Crippen LogP contribution in [0.4, 0.5) is 11.4 Å². The molecule has 176 valence electrons. The van der Waals surface area contributed by atoms with Gasteiger partial charge in [0.15, 0.2) is 6.10 Å². The van der Waals surface area contributed by atoms with Crippen LogP contribution in [0.1, 0.15) is 34.8 Å². The van der Waals surface area contributed by atoms with E-state index in [2.05, 4.69) is 10.6 Å². The van der Waals surface area contributed by atoms with Crippen molar-refractivity contribution in [1.29, 1.82) is 0 Å². The SMILES string of the molecule is Cc1cccc(C)c1NC(=O)CNC(=O)C(C)OC(=O)c1cccc(N2CCCS2(=O)=O)c1. The van der Waals surface area contributed by atoms with Crippen LogP contribution in [-0.2, 0) is 24.3 Å². The molecular weight excluding hydrogens is 446 g/mol. The molecule has 1 saturated heterocycles. The topological polar surface area (TPSA) is 122 Å². The Balaban J connectivity index is 1.55. The van der Waals surface area contributed by atoms with Gasteiger partial charge in [0.2, 0.25) is 15.9 Å². The summed E-state index contributed by atoms with van der Waals surface area (Å²) in [6.45, 7) is 5.21. The first kappa shape index (κ1) is 24.2. The van der Waals surface area contributed by atoms with Gasteiger partial charge in [-0.2, -0.15) is 0 Å². The van der Waals surface area contributed by atoms with Crippen LogP contribution >= 0.6 is 0 Å². The molecule has 1 heterocycles. The number of anilines is 2.